The van der Waals surface area contributed by atoms with Crippen molar-refractivity contribution in [1.82, 2.24) is 14.8 Å². The Morgan fingerprint density at radius 1 is 1.19 bits per heavy atom. The molecule has 0 aliphatic rings. The van der Waals surface area contributed by atoms with E-state index >= 15 is 0 Å². The zero-order valence-corrected chi connectivity index (χ0v) is 13.1. The zero-order valence-electron chi connectivity index (χ0n) is 12.3. The molecule has 0 saturated heterocycles. The van der Waals surface area contributed by atoms with Gasteiger partial charge in [-0.15, -0.1) is 10.2 Å². The topological polar surface area (TPSA) is 43.9 Å². The Labute approximate surface area is 128 Å². The standard InChI is InChI=1S/C16H17N3OS/c1-11-6-7-12(2)13(9-11)10-21-16-18-17-15(19(16)3)14-5-4-8-20-14/h4-9H,10H2,1-3H3. The van der Waals surface area contributed by atoms with Crippen LogP contribution in [0.5, 0.6) is 0 Å². The van der Waals surface area contributed by atoms with E-state index in [-0.39, 0.29) is 0 Å². The van der Waals surface area contributed by atoms with Crippen LogP contribution in [-0.2, 0) is 12.8 Å². The van der Waals surface area contributed by atoms with E-state index in [9.17, 15) is 0 Å². The van der Waals surface area contributed by atoms with Gasteiger partial charge in [0.15, 0.2) is 16.7 Å². The predicted octanol–water partition coefficient (Wildman–Crippen LogP) is 3.98. The van der Waals surface area contributed by atoms with Crippen molar-refractivity contribution in [3.05, 3.63) is 53.3 Å². The molecule has 0 radical (unpaired) electrons. The molecule has 4 nitrogen and oxygen atoms in total. The summed E-state index contributed by atoms with van der Waals surface area (Å²) in [5.41, 5.74) is 3.93. The number of hydrogen-bond acceptors (Lipinski definition) is 4. The maximum Gasteiger partial charge on any atom is 0.200 e. The summed E-state index contributed by atoms with van der Waals surface area (Å²) in [6, 6.07) is 10.3. The summed E-state index contributed by atoms with van der Waals surface area (Å²) in [5.74, 6) is 2.38. The minimum absolute atomic E-state index is 0.739. The van der Waals surface area contributed by atoms with Crippen LogP contribution in [0.1, 0.15) is 16.7 Å². The minimum Gasteiger partial charge on any atom is -0.461 e. The summed E-state index contributed by atoms with van der Waals surface area (Å²) in [6.45, 7) is 4.26. The highest BCUT2D eigenvalue weighted by atomic mass is 32.2. The van der Waals surface area contributed by atoms with Gasteiger partial charge in [-0.05, 0) is 37.1 Å². The van der Waals surface area contributed by atoms with E-state index in [4.69, 9.17) is 4.42 Å². The average Bonchev–Trinajstić information content (AvgIpc) is 3.10. The second-order valence-corrected chi connectivity index (χ2v) is 6.00. The first-order valence-corrected chi connectivity index (χ1v) is 7.76. The van der Waals surface area contributed by atoms with Gasteiger partial charge in [-0.25, -0.2) is 0 Å². The number of hydrogen-bond donors (Lipinski definition) is 0. The molecule has 2 aromatic heterocycles. The third-order valence-corrected chi connectivity index (χ3v) is 4.51. The first-order chi connectivity index (χ1) is 10.1. The summed E-state index contributed by atoms with van der Waals surface area (Å²) >= 11 is 1.69. The Morgan fingerprint density at radius 2 is 2.05 bits per heavy atom. The molecule has 0 bridgehead atoms. The Morgan fingerprint density at radius 3 is 2.81 bits per heavy atom. The number of benzene rings is 1. The summed E-state index contributed by atoms with van der Waals surface area (Å²) in [5, 5.41) is 9.35. The highest BCUT2D eigenvalue weighted by molar-refractivity contribution is 7.98. The lowest BCUT2D eigenvalue weighted by atomic mass is 10.1. The molecule has 21 heavy (non-hydrogen) atoms. The summed E-state index contributed by atoms with van der Waals surface area (Å²) in [4.78, 5) is 0. The van der Waals surface area contributed by atoms with Gasteiger partial charge < -0.3 is 8.98 Å². The Balaban J connectivity index is 1.79. The lowest BCUT2D eigenvalue weighted by Gasteiger charge is -2.06. The molecule has 5 heteroatoms. The van der Waals surface area contributed by atoms with Crippen molar-refractivity contribution in [3.8, 4) is 11.6 Å². The second-order valence-electron chi connectivity index (χ2n) is 5.06. The van der Waals surface area contributed by atoms with E-state index in [1.54, 1.807) is 18.0 Å². The van der Waals surface area contributed by atoms with E-state index in [0.29, 0.717) is 0 Å². The van der Waals surface area contributed by atoms with Crippen molar-refractivity contribution in [2.75, 3.05) is 0 Å². The molecule has 0 amide bonds. The van der Waals surface area contributed by atoms with Gasteiger partial charge in [0.05, 0.1) is 6.26 Å². The third-order valence-electron chi connectivity index (χ3n) is 3.44. The number of nitrogens with zero attached hydrogens (tertiary/aromatic N) is 3. The van der Waals surface area contributed by atoms with Crippen molar-refractivity contribution < 1.29 is 4.42 Å². The highest BCUT2D eigenvalue weighted by Gasteiger charge is 2.13. The monoisotopic (exact) mass is 299 g/mol. The van der Waals surface area contributed by atoms with E-state index in [2.05, 4.69) is 42.2 Å². The van der Waals surface area contributed by atoms with Gasteiger partial charge in [0.1, 0.15) is 0 Å². The lowest BCUT2D eigenvalue weighted by Crippen LogP contribution is -1.95. The molecule has 0 aliphatic carbocycles. The van der Waals surface area contributed by atoms with Crippen LogP contribution in [0.25, 0.3) is 11.6 Å². The predicted molar refractivity (Wildman–Crippen MR) is 84.2 cm³/mol. The molecule has 2 heterocycles. The van der Waals surface area contributed by atoms with Crippen LogP contribution in [0.3, 0.4) is 0 Å². The van der Waals surface area contributed by atoms with Crippen molar-refractivity contribution >= 4 is 11.8 Å². The summed E-state index contributed by atoms with van der Waals surface area (Å²) < 4.78 is 7.35. The molecule has 0 aliphatic heterocycles. The van der Waals surface area contributed by atoms with Gasteiger partial charge in [0.25, 0.3) is 0 Å². The smallest absolute Gasteiger partial charge is 0.200 e. The molecule has 3 rings (SSSR count). The number of rotatable bonds is 4. The second kappa shape index (κ2) is 5.77. The minimum atomic E-state index is 0.739. The SMILES string of the molecule is Cc1ccc(C)c(CSc2nnc(-c3ccco3)n2C)c1. The fourth-order valence-electron chi connectivity index (χ4n) is 2.16. The number of thioether (sulfide) groups is 1. The summed E-state index contributed by atoms with van der Waals surface area (Å²) in [7, 11) is 1.96. The lowest BCUT2D eigenvalue weighted by molar-refractivity contribution is 0.572. The molecular formula is C16H17N3OS. The molecule has 0 spiro atoms. The average molecular weight is 299 g/mol. The maximum absolute atomic E-state index is 5.38. The Hall–Kier alpha value is -2.01. The third kappa shape index (κ3) is 2.88. The molecule has 0 unspecified atom stereocenters. The fraction of sp³-hybridized carbons (Fsp3) is 0.250. The van der Waals surface area contributed by atoms with Crippen LogP contribution < -0.4 is 0 Å². The van der Waals surface area contributed by atoms with Crippen molar-refractivity contribution in [2.24, 2.45) is 7.05 Å². The first-order valence-electron chi connectivity index (χ1n) is 6.77. The van der Waals surface area contributed by atoms with Crippen LogP contribution in [-0.4, -0.2) is 14.8 Å². The zero-order chi connectivity index (χ0) is 14.8. The Bertz CT molecular complexity index is 747. The quantitative estimate of drug-likeness (QED) is 0.683. The molecule has 0 N–H and O–H groups in total. The van der Waals surface area contributed by atoms with E-state index < -0.39 is 0 Å². The number of furan rings is 1. The maximum atomic E-state index is 5.38. The van der Waals surface area contributed by atoms with Crippen LogP contribution in [0.15, 0.2) is 46.2 Å². The Kier molecular flexibility index (Phi) is 3.84. The number of aromatic nitrogens is 3. The largest absolute Gasteiger partial charge is 0.461 e. The molecule has 1 aromatic carbocycles. The van der Waals surface area contributed by atoms with Gasteiger partial charge in [-0.3, -0.25) is 0 Å². The van der Waals surface area contributed by atoms with Crippen LogP contribution >= 0.6 is 11.8 Å². The van der Waals surface area contributed by atoms with Crippen LogP contribution in [0, 0.1) is 13.8 Å². The first kappa shape index (κ1) is 13.9. The van der Waals surface area contributed by atoms with Gasteiger partial charge in [0.2, 0.25) is 0 Å². The number of aryl methyl sites for hydroxylation is 2. The van der Waals surface area contributed by atoms with Crippen molar-refractivity contribution in [2.45, 2.75) is 24.8 Å². The van der Waals surface area contributed by atoms with Gasteiger partial charge in [0, 0.05) is 12.8 Å². The normalized spacial score (nSPS) is 11.0. The molecule has 0 atom stereocenters. The van der Waals surface area contributed by atoms with Crippen LogP contribution in [0.2, 0.25) is 0 Å². The molecular weight excluding hydrogens is 282 g/mol. The van der Waals surface area contributed by atoms with Gasteiger partial charge in [-0.1, -0.05) is 35.5 Å². The van der Waals surface area contributed by atoms with Gasteiger partial charge in [-0.2, -0.15) is 0 Å². The summed E-state index contributed by atoms with van der Waals surface area (Å²) in [6.07, 6.45) is 1.65. The molecule has 0 fully saturated rings. The van der Waals surface area contributed by atoms with Crippen LogP contribution in [0.4, 0.5) is 0 Å². The molecule has 0 saturated carbocycles. The van der Waals surface area contributed by atoms with E-state index in [1.807, 2.05) is 23.7 Å². The van der Waals surface area contributed by atoms with Crippen molar-refractivity contribution in [1.29, 1.82) is 0 Å². The fourth-order valence-corrected chi connectivity index (χ4v) is 3.13. The van der Waals surface area contributed by atoms with E-state index in [1.165, 1.54) is 16.7 Å². The van der Waals surface area contributed by atoms with Crippen molar-refractivity contribution in [3.63, 3.8) is 0 Å². The molecule has 108 valence electrons. The van der Waals surface area contributed by atoms with E-state index in [0.717, 1.165) is 22.5 Å². The van der Waals surface area contributed by atoms with Gasteiger partial charge >= 0.3 is 0 Å². The molecule has 3 aromatic rings. The highest BCUT2D eigenvalue weighted by Crippen LogP contribution is 2.26.